The molecule has 3 nitrogen and oxygen atoms in total. The van der Waals surface area contributed by atoms with E-state index < -0.39 is 0 Å². The number of hydrogen-bond donors (Lipinski definition) is 0. The van der Waals surface area contributed by atoms with Crippen LogP contribution in [-0.2, 0) is 0 Å². The third-order valence-electron chi connectivity index (χ3n) is 2.46. The van der Waals surface area contributed by atoms with Gasteiger partial charge in [0.1, 0.15) is 12.4 Å². The van der Waals surface area contributed by atoms with Gasteiger partial charge in [-0.25, -0.2) is 9.97 Å². The second-order valence-electron chi connectivity index (χ2n) is 3.55. The number of aromatic nitrogens is 2. The molecule has 0 atom stereocenters. The summed E-state index contributed by atoms with van der Waals surface area (Å²) in [5, 5.41) is 0. The molecule has 14 heavy (non-hydrogen) atoms. The zero-order valence-corrected chi connectivity index (χ0v) is 10.1. The van der Waals surface area contributed by atoms with Gasteiger partial charge in [-0.2, -0.15) is 0 Å². The summed E-state index contributed by atoms with van der Waals surface area (Å²) in [7, 11) is 0. The Hall–Kier alpha value is -0.390. The summed E-state index contributed by atoms with van der Waals surface area (Å²) in [4.78, 5) is 8.07. The molecule has 1 fully saturated rings. The molecule has 0 saturated heterocycles. The lowest BCUT2D eigenvalue weighted by molar-refractivity contribution is 0.147. The molecule has 2 rings (SSSR count). The molecule has 0 bridgehead atoms. The smallest absolute Gasteiger partial charge is 0.230 e. The van der Waals surface area contributed by atoms with Gasteiger partial charge in [-0.3, -0.25) is 0 Å². The summed E-state index contributed by atoms with van der Waals surface area (Å²) in [5.41, 5.74) is 0. The number of nitrogens with zero attached hydrogens (tertiary/aromatic N) is 2. The minimum atomic E-state index is 0.368. The van der Waals surface area contributed by atoms with Crippen LogP contribution >= 0.6 is 22.6 Å². The first-order chi connectivity index (χ1) is 6.86. The fourth-order valence-corrected chi connectivity index (χ4v) is 2.16. The standard InChI is InChI=1S/C10H13IN2O/c11-9-6-12-7-13-10(9)14-8-4-2-1-3-5-8/h6-8H,1-5H2. The van der Waals surface area contributed by atoms with E-state index in [1.807, 2.05) is 0 Å². The average molecular weight is 304 g/mol. The second-order valence-corrected chi connectivity index (χ2v) is 4.72. The van der Waals surface area contributed by atoms with Crippen LogP contribution < -0.4 is 4.74 Å². The maximum absolute atomic E-state index is 5.83. The predicted octanol–water partition coefficient (Wildman–Crippen LogP) is 2.79. The Labute approximate surface area is 97.4 Å². The van der Waals surface area contributed by atoms with E-state index in [1.165, 1.54) is 32.1 Å². The quantitative estimate of drug-likeness (QED) is 0.788. The first-order valence-corrected chi connectivity index (χ1v) is 6.06. The number of ether oxygens (including phenoxy) is 1. The van der Waals surface area contributed by atoms with Gasteiger partial charge in [0.05, 0.1) is 3.57 Å². The molecule has 0 N–H and O–H groups in total. The highest BCUT2D eigenvalue weighted by atomic mass is 127. The van der Waals surface area contributed by atoms with Crippen molar-refractivity contribution in [1.29, 1.82) is 0 Å². The minimum Gasteiger partial charge on any atom is -0.474 e. The Balaban J connectivity index is 1.99. The Bertz CT molecular complexity index is 300. The summed E-state index contributed by atoms with van der Waals surface area (Å²) in [5.74, 6) is 0.743. The normalized spacial score (nSPS) is 18.1. The number of rotatable bonds is 2. The van der Waals surface area contributed by atoms with Crippen molar-refractivity contribution in [2.45, 2.75) is 38.2 Å². The molecule has 0 unspecified atom stereocenters. The fraction of sp³-hybridized carbons (Fsp3) is 0.600. The lowest BCUT2D eigenvalue weighted by Gasteiger charge is -2.22. The van der Waals surface area contributed by atoms with E-state index in [0.29, 0.717) is 6.10 Å². The van der Waals surface area contributed by atoms with Crippen molar-refractivity contribution >= 4 is 22.6 Å². The Morgan fingerprint density at radius 2 is 2.07 bits per heavy atom. The molecule has 0 radical (unpaired) electrons. The molecular formula is C10H13IN2O. The maximum atomic E-state index is 5.83. The fourth-order valence-electron chi connectivity index (χ4n) is 1.73. The van der Waals surface area contributed by atoms with Crippen molar-refractivity contribution in [2.24, 2.45) is 0 Å². The van der Waals surface area contributed by atoms with Gasteiger partial charge >= 0.3 is 0 Å². The van der Waals surface area contributed by atoms with Crippen LogP contribution in [0.5, 0.6) is 5.88 Å². The van der Waals surface area contributed by atoms with E-state index >= 15 is 0 Å². The van der Waals surface area contributed by atoms with E-state index in [0.717, 1.165) is 9.45 Å². The van der Waals surface area contributed by atoms with Crippen molar-refractivity contribution < 1.29 is 4.74 Å². The third kappa shape index (κ3) is 2.56. The van der Waals surface area contributed by atoms with Crippen LogP contribution in [0.15, 0.2) is 12.5 Å². The zero-order chi connectivity index (χ0) is 9.80. The average Bonchev–Trinajstić information content (AvgIpc) is 2.23. The van der Waals surface area contributed by atoms with Gasteiger partial charge in [0.15, 0.2) is 0 Å². The molecule has 1 aromatic heterocycles. The van der Waals surface area contributed by atoms with Crippen LogP contribution in [0.4, 0.5) is 0 Å². The molecule has 1 saturated carbocycles. The van der Waals surface area contributed by atoms with Crippen molar-refractivity contribution in [2.75, 3.05) is 0 Å². The lowest BCUT2D eigenvalue weighted by atomic mass is 9.98. The van der Waals surface area contributed by atoms with E-state index in [2.05, 4.69) is 32.6 Å². The van der Waals surface area contributed by atoms with Crippen LogP contribution in [0, 0.1) is 3.57 Å². The largest absolute Gasteiger partial charge is 0.474 e. The predicted molar refractivity (Wildman–Crippen MR) is 62.3 cm³/mol. The van der Waals surface area contributed by atoms with Crippen molar-refractivity contribution in [3.05, 3.63) is 16.1 Å². The first-order valence-electron chi connectivity index (χ1n) is 4.98. The molecule has 1 aromatic rings. The monoisotopic (exact) mass is 304 g/mol. The summed E-state index contributed by atoms with van der Waals surface area (Å²) < 4.78 is 6.82. The van der Waals surface area contributed by atoms with Crippen LogP contribution in [0.3, 0.4) is 0 Å². The third-order valence-corrected chi connectivity index (χ3v) is 3.20. The Kier molecular flexibility index (Phi) is 3.55. The highest BCUT2D eigenvalue weighted by Crippen LogP contribution is 2.24. The van der Waals surface area contributed by atoms with E-state index in [-0.39, 0.29) is 0 Å². The van der Waals surface area contributed by atoms with Gasteiger partial charge in [-0.05, 0) is 48.3 Å². The van der Waals surface area contributed by atoms with E-state index in [1.54, 1.807) is 12.5 Å². The zero-order valence-electron chi connectivity index (χ0n) is 7.95. The first kappa shape index (κ1) is 10.1. The number of hydrogen-bond acceptors (Lipinski definition) is 3. The molecular weight excluding hydrogens is 291 g/mol. The molecule has 1 aliphatic carbocycles. The van der Waals surface area contributed by atoms with Gasteiger partial charge < -0.3 is 4.74 Å². The SMILES string of the molecule is Ic1cncnc1OC1CCCCC1. The van der Waals surface area contributed by atoms with Crippen LogP contribution in [0.2, 0.25) is 0 Å². The topological polar surface area (TPSA) is 35.0 Å². The van der Waals surface area contributed by atoms with Gasteiger partial charge in [-0.15, -0.1) is 0 Å². The molecule has 0 aliphatic heterocycles. The molecule has 76 valence electrons. The maximum Gasteiger partial charge on any atom is 0.230 e. The van der Waals surface area contributed by atoms with Crippen molar-refractivity contribution in [1.82, 2.24) is 9.97 Å². The highest BCUT2D eigenvalue weighted by Gasteiger charge is 2.16. The van der Waals surface area contributed by atoms with Crippen LogP contribution in [0.25, 0.3) is 0 Å². The molecule has 1 aliphatic rings. The van der Waals surface area contributed by atoms with Gasteiger partial charge in [0, 0.05) is 6.20 Å². The van der Waals surface area contributed by atoms with Crippen molar-refractivity contribution in [3.8, 4) is 5.88 Å². The second kappa shape index (κ2) is 4.91. The lowest BCUT2D eigenvalue weighted by Crippen LogP contribution is -2.20. The van der Waals surface area contributed by atoms with Crippen LogP contribution in [-0.4, -0.2) is 16.1 Å². The Morgan fingerprint density at radius 3 is 2.79 bits per heavy atom. The Morgan fingerprint density at radius 1 is 1.29 bits per heavy atom. The molecule has 4 heteroatoms. The van der Waals surface area contributed by atoms with Gasteiger partial charge in [0.2, 0.25) is 5.88 Å². The summed E-state index contributed by atoms with van der Waals surface area (Å²) >= 11 is 2.21. The molecule has 0 amide bonds. The van der Waals surface area contributed by atoms with E-state index in [9.17, 15) is 0 Å². The summed E-state index contributed by atoms with van der Waals surface area (Å²) in [6.07, 6.45) is 9.94. The van der Waals surface area contributed by atoms with E-state index in [4.69, 9.17) is 4.74 Å². The molecule has 0 spiro atoms. The number of halogens is 1. The summed E-state index contributed by atoms with van der Waals surface area (Å²) in [6, 6.07) is 0. The highest BCUT2D eigenvalue weighted by molar-refractivity contribution is 14.1. The van der Waals surface area contributed by atoms with Gasteiger partial charge in [-0.1, -0.05) is 6.42 Å². The minimum absolute atomic E-state index is 0.368. The van der Waals surface area contributed by atoms with Crippen molar-refractivity contribution in [3.63, 3.8) is 0 Å². The molecule has 0 aromatic carbocycles. The molecule has 1 heterocycles. The summed E-state index contributed by atoms with van der Waals surface area (Å²) in [6.45, 7) is 0. The van der Waals surface area contributed by atoms with Gasteiger partial charge in [0.25, 0.3) is 0 Å². The van der Waals surface area contributed by atoms with Crippen LogP contribution in [0.1, 0.15) is 32.1 Å².